The maximum absolute atomic E-state index is 10.2. The fraction of sp³-hybridized carbons (Fsp3) is 0.242. The van der Waals surface area contributed by atoms with Crippen LogP contribution in [0.4, 0.5) is 0 Å². The van der Waals surface area contributed by atoms with Gasteiger partial charge in [-0.3, -0.25) is 0 Å². The van der Waals surface area contributed by atoms with E-state index >= 15 is 0 Å². The normalized spacial score (nSPS) is 12.4. The molecule has 0 radical (unpaired) electrons. The fourth-order valence-electron chi connectivity index (χ4n) is 10.3. The topological polar surface area (TPSA) is 58.9 Å². The van der Waals surface area contributed by atoms with Crippen LogP contribution in [0.25, 0.3) is 43.8 Å². The van der Waals surface area contributed by atoms with E-state index in [1.54, 1.807) is 0 Å². The van der Waals surface area contributed by atoms with Crippen LogP contribution in [0.5, 0.6) is 11.5 Å². The number of hydrogen-bond donors (Lipinski definition) is 2. The van der Waals surface area contributed by atoms with Gasteiger partial charge in [0, 0.05) is 43.9 Å². The van der Waals surface area contributed by atoms with E-state index in [9.17, 15) is 10.2 Å². The summed E-state index contributed by atoms with van der Waals surface area (Å²) in [6.45, 7) is 18.6. The van der Waals surface area contributed by atoms with Crippen molar-refractivity contribution in [2.45, 2.75) is 77.0 Å². The van der Waals surface area contributed by atoms with E-state index in [4.69, 9.17) is 9.47 Å². The van der Waals surface area contributed by atoms with Crippen LogP contribution in [-0.2, 0) is 21.7 Å². The molecule has 9 rings (SSSR count). The van der Waals surface area contributed by atoms with Crippen molar-refractivity contribution < 1.29 is 19.7 Å². The van der Waals surface area contributed by atoms with Crippen LogP contribution >= 0.6 is 0 Å². The Kier molecular flexibility index (Phi) is 13.3. The highest BCUT2D eigenvalue weighted by Crippen LogP contribution is 2.50. The van der Waals surface area contributed by atoms with Crippen molar-refractivity contribution in [3.05, 3.63) is 239 Å². The highest BCUT2D eigenvalue weighted by atomic mass is 16.5. The zero-order chi connectivity index (χ0) is 49.3. The second-order valence-electron chi connectivity index (χ2n) is 20.9. The van der Waals surface area contributed by atoms with Crippen LogP contribution in [0.15, 0.2) is 194 Å². The van der Waals surface area contributed by atoms with Gasteiger partial charge in [0.2, 0.25) is 0 Å². The summed E-state index contributed by atoms with van der Waals surface area (Å²) in [5, 5.41) is 25.0. The minimum Gasteiger partial charge on any atom is -0.490 e. The van der Waals surface area contributed by atoms with E-state index in [0.29, 0.717) is 0 Å². The zero-order valence-electron chi connectivity index (χ0n) is 42.0. The Balaban J connectivity index is 1.23. The Morgan fingerprint density at radius 1 is 0.314 bits per heavy atom. The summed E-state index contributed by atoms with van der Waals surface area (Å²) in [6.07, 6.45) is 0. The third-order valence-electron chi connectivity index (χ3n) is 15.1. The molecule has 0 atom stereocenters. The molecule has 4 heteroatoms. The molecule has 0 spiro atoms. The first-order chi connectivity index (χ1) is 33.6. The zero-order valence-corrected chi connectivity index (χ0v) is 42.0. The van der Waals surface area contributed by atoms with Crippen LogP contribution in [0.3, 0.4) is 0 Å². The second kappa shape index (κ2) is 19.4. The maximum atomic E-state index is 10.2. The van der Waals surface area contributed by atoms with E-state index in [-0.39, 0.29) is 26.4 Å². The molecule has 354 valence electrons. The van der Waals surface area contributed by atoms with Gasteiger partial charge in [-0.2, -0.15) is 0 Å². The smallest absolute Gasteiger partial charge is 0.131 e. The summed E-state index contributed by atoms with van der Waals surface area (Å²) in [5.74, 6) is 1.57. The number of fused-ring (bicyclic) bond motifs is 2. The van der Waals surface area contributed by atoms with Crippen LogP contribution in [0, 0.1) is 0 Å². The summed E-state index contributed by atoms with van der Waals surface area (Å²) < 4.78 is 13.3. The Morgan fingerprint density at radius 3 is 1.06 bits per heavy atom. The molecule has 0 bridgehead atoms. The van der Waals surface area contributed by atoms with Crippen LogP contribution in [0.1, 0.15) is 99.9 Å². The van der Waals surface area contributed by atoms with Crippen molar-refractivity contribution in [3.8, 4) is 33.8 Å². The Bertz CT molecular complexity index is 3070. The number of benzene rings is 9. The molecule has 0 aliphatic rings. The maximum Gasteiger partial charge on any atom is 0.131 e. The van der Waals surface area contributed by atoms with Crippen molar-refractivity contribution >= 4 is 21.5 Å². The molecule has 70 heavy (non-hydrogen) atoms. The highest BCUT2D eigenvalue weighted by molar-refractivity contribution is 5.90. The van der Waals surface area contributed by atoms with Crippen LogP contribution < -0.4 is 9.47 Å². The third-order valence-corrected chi connectivity index (χ3v) is 15.1. The van der Waals surface area contributed by atoms with Gasteiger partial charge in [0.25, 0.3) is 0 Å². The summed E-state index contributed by atoms with van der Waals surface area (Å²) in [5.41, 5.74) is 11.5. The predicted molar refractivity (Wildman–Crippen MR) is 292 cm³/mol. The van der Waals surface area contributed by atoms with E-state index in [1.165, 1.54) is 33.0 Å². The Morgan fingerprint density at radius 2 is 0.671 bits per heavy atom. The lowest BCUT2D eigenvalue weighted by Gasteiger charge is -2.35. The molecule has 9 aromatic carbocycles. The van der Waals surface area contributed by atoms with Gasteiger partial charge in [-0.15, -0.1) is 0 Å². The van der Waals surface area contributed by atoms with Gasteiger partial charge in [0.15, 0.2) is 0 Å². The SMILES string of the molecule is CC(C)(c1cccc(C(C)(C)c2cc(-c3ccc4ccccc4c3)c(OCCO)c(C(C)(C)c3ccccc3)c2)c1)c1cc(-c2ccc3ccccc3c2)c(OCCO)c(C(C)(C)c2ccccc2)c1. The molecule has 0 heterocycles. The minimum atomic E-state index is -0.465. The molecule has 0 saturated heterocycles. The average molecular weight is 923 g/mol. The number of aliphatic hydroxyl groups excluding tert-OH is 2. The van der Waals surface area contributed by atoms with E-state index in [1.807, 2.05) is 0 Å². The number of rotatable bonds is 16. The molecule has 0 aliphatic heterocycles. The fourth-order valence-corrected chi connectivity index (χ4v) is 10.3. The lowest BCUT2D eigenvalue weighted by molar-refractivity contribution is 0.199. The van der Waals surface area contributed by atoms with Gasteiger partial charge >= 0.3 is 0 Å². The van der Waals surface area contributed by atoms with Crippen molar-refractivity contribution in [2.75, 3.05) is 26.4 Å². The molecule has 0 saturated carbocycles. The van der Waals surface area contributed by atoms with Crippen molar-refractivity contribution in [3.63, 3.8) is 0 Å². The molecule has 0 aromatic heterocycles. The Labute approximate surface area is 415 Å². The number of ether oxygens (including phenoxy) is 2. The first-order valence-corrected chi connectivity index (χ1v) is 24.7. The van der Waals surface area contributed by atoms with E-state index in [0.717, 1.165) is 66.8 Å². The van der Waals surface area contributed by atoms with Gasteiger partial charge in [-0.1, -0.05) is 225 Å². The van der Waals surface area contributed by atoms with Crippen molar-refractivity contribution in [1.82, 2.24) is 0 Å². The first-order valence-electron chi connectivity index (χ1n) is 24.7. The Hall–Kier alpha value is -6.98. The number of aliphatic hydroxyl groups is 2. The van der Waals surface area contributed by atoms with Gasteiger partial charge < -0.3 is 19.7 Å². The first kappa shape index (κ1) is 48.1. The highest BCUT2D eigenvalue weighted by Gasteiger charge is 2.36. The average Bonchev–Trinajstić information content (AvgIpc) is 3.39. The third kappa shape index (κ3) is 9.15. The molecule has 0 amide bonds. The molecular weight excluding hydrogens is 857 g/mol. The summed E-state index contributed by atoms with van der Waals surface area (Å²) in [4.78, 5) is 0. The lowest BCUT2D eigenvalue weighted by atomic mass is 9.69. The molecule has 9 aromatic rings. The molecule has 2 N–H and O–H groups in total. The van der Waals surface area contributed by atoms with Crippen LogP contribution in [-0.4, -0.2) is 36.6 Å². The molecule has 0 unspecified atom stereocenters. The van der Waals surface area contributed by atoms with Crippen molar-refractivity contribution in [2.24, 2.45) is 0 Å². The predicted octanol–water partition coefficient (Wildman–Crippen LogP) is 15.4. The van der Waals surface area contributed by atoms with Crippen LogP contribution in [0.2, 0.25) is 0 Å². The van der Waals surface area contributed by atoms with Gasteiger partial charge in [0.1, 0.15) is 24.7 Å². The van der Waals surface area contributed by atoms with Gasteiger partial charge in [-0.25, -0.2) is 0 Å². The summed E-state index contributed by atoms with van der Waals surface area (Å²) >= 11 is 0. The molecule has 4 nitrogen and oxygen atoms in total. The van der Waals surface area contributed by atoms with Gasteiger partial charge in [-0.05, 0) is 90.3 Å². The second-order valence-corrected chi connectivity index (χ2v) is 20.9. The van der Waals surface area contributed by atoms with E-state index in [2.05, 4.69) is 250 Å². The molecular formula is C66H66O4. The molecule has 0 fully saturated rings. The molecule has 0 aliphatic carbocycles. The van der Waals surface area contributed by atoms with Crippen molar-refractivity contribution in [1.29, 1.82) is 0 Å². The monoisotopic (exact) mass is 922 g/mol. The lowest BCUT2D eigenvalue weighted by Crippen LogP contribution is -2.26. The summed E-state index contributed by atoms with van der Waals surface area (Å²) in [6, 6.07) is 70.0. The largest absolute Gasteiger partial charge is 0.490 e. The van der Waals surface area contributed by atoms with Gasteiger partial charge in [0.05, 0.1) is 13.2 Å². The number of hydrogen-bond acceptors (Lipinski definition) is 4. The minimum absolute atomic E-state index is 0.0917. The summed E-state index contributed by atoms with van der Waals surface area (Å²) in [7, 11) is 0. The standard InChI is InChI=1S/C66H66O4/c1-63(2,55-41-57(49-32-30-45-20-15-17-22-47(45)38-49)61(69-36-34-67)59(43-55)65(5,6)51-24-11-9-12-25-51)53-28-19-29-54(40-53)64(3,4)56-42-58(50-33-31-46-21-16-18-23-48(46)39-50)62(70-37-35-68)60(44-56)66(7,8)52-26-13-10-14-27-52/h9-33,38-44,67-68H,34-37H2,1-8H3. The van der Waals surface area contributed by atoms with E-state index < -0.39 is 21.7 Å². The quantitative estimate of drug-likeness (QED) is 0.101.